The van der Waals surface area contributed by atoms with Crippen LogP contribution in [-0.2, 0) is 12.6 Å². The summed E-state index contributed by atoms with van der Waals surface area (Å²) in [6.45, 7) is 0. The van der Waals surface area contributed by atoms with E-state index >= 15 is 0 Å². The molecule has 6 aromatic rings. The molecule has 38 heavy (non-hydrogen) atoms. The highest BCUT2D eigenvalue weighted by molar-refractivity contribution is 5.98. The molecule has 4 heterocycles. The number of fused-ring (bicyclic) bond motifs is 3. The normalized spacial score (nSPS) is 14.1. The van der Waals surface area contributed by atoms with Gasteiger partial charge in [-0.25, -0.2) is 9.97 Å². The van der Waals surface area contributed by atoms with Gasteiger partial charge in [0.05, 0.1) is 17.5 Å². The topological polar surface area (TPSA) is 86.9 Å². The molecule has 9 heteroatoms. The minimum Gasteiger partial charge on any atom is -0.340 e. The summed E-state index contributed by atoms with van der Waals surface area (Å²) >= 11 is 0. The van der Waals surface area contributed by atoms with E-state index < -0.39 is 0 Å². The van der Waals surface area contributed by atoms with Crippen molar-refractivity contribution >= 4 is 41.4 Å². The Bertz CT molecular complexity index is 1740. The smallest absolute Gasteiger partial charge is 0.188 e. The Labute approximate surface area is 232 Å². The van der Waals surface area contributed by atoms with Gasteiger partial charge >= 0.3 is 0 Å². The molecule has 2 N–H and O–H groups in total. The number of benzene rings is 2. The van der Waals surface area contributed by atoms with Crippen LogP contribution in [0.3, 0.4) is 0 Å². The lowest BCUT2D eigenvalue weighted by Crippen LogP contribution is -2.43. The first-order valence-corrected chi connectivity index (χ1v) is 12.2. The first kappa shape index (κ1) is 25.9. The fourth-order valence-corrected chi connectivity index (χ4v) is 5.16. The van der Waals surface area contributed by atoms with Crippen LogP contribution in [0.15, 0.2) is 85.5 Å². The molecule has 4 aromatic heterocycles. The van der Waals surface area contributed by atoms with Crippen LogP contribution in [0, 0.1) is 0 Å². The fourth-order valence-electron chi connectivity index (χ4n) is 5.16. The molecule has 0 bridgehead atoms. The minimum absolute atomic E-state index is 0. The van der Waals surface area contributed by atoms with Gasteiger partial charge < -0.3 is 10.3 Å². The summed E-state index contributed by atoms with van der Waals surface area (Å²) in [5, 5.41) is 9.94. The van der Waals surface area contributed by atoms with Crippen LogP contribution < -0.4 is 5.73 Å². The predicted molar refractivity (Wildman–Crippen MR) is 156 cm³/mol. The standard InChI is InChI=1S/C29H25N7.2ClH/c1-35-17-25(31-18-35)28-34-33-27-23-16-22(19-6-3-2-4-7-19)26(32-24(23)12-15-36(27)28)20-8-10-21(11-9-20)29(30)13-5-14-29;;/h2-4,6-12,15-18H,5,13-14,30H2,1H3;2*1H. The van der Waals surface area contributed by atoms with Gasteiger partial charge in [-0.05, 0) is 42.5 Å². The van der Waals surface area contributed by atoms with E-state index in [1.165, 1.54) is 12.0 Å². The molecule has 7 nitrogen and oxygen atoms in total. The number of rotatable bonds is 4. The lowest BCUT2D eigenvalue weighted by atomic mass is 9.72. The SMILES string of the molecule is Cl.Cl.Cn1cnc(-c2nnc3c4cc(-c5ccccc5)c(-c5ccc(C6(N)CCC6)cc5)nc4ccn23)c1. The summed E-state index contributed by atoms with van der Waals surface area (Å²) in [5.41, 5.74) is 14.2. The number of aromatic nitrogens is 6. The number of hydrogen-bond donors (Lipinski definition) is 1. The summed E-state index contributed by atoms with van der Waals surface area (Å²) < 4.78 is 3.89. The third-order valence-corrected chi connectivity index (χ3v) is 7.37. The molecule has 1 fully saturated rings. The monoisotopic (exact) mass is 543 g/mol. The average Bonchev–Trinajstić information content (AvgIpc) is 3.53. The quantitative estimate of drug-likeness (QED) is 0.286. The van der Waals surface area contributed by atoms with Crippen LogP contribution in [0.5, 0.6) is 0 Å². The Morgan fingerprint density at radius 1 is 0.895 bits per heavy atom. The van der Waals surface area contributed by atoms with Gasteiger partial charge in [0.2, 0.25) is 0 Å². The van der Waals surface area contributed by atoms with Crippen LogP contribution in [0.1, 0.15) is 24.8 Å². The van der Waals surface area contributed by atoms with Crippen LogP contribution >= 0.6 is 24.8 Å². The second kappa shape index (κ2) is 9.83. The Morgan fingerprint density at radius 2 is 1.66 bits per heavy atom. The highest BCUT2D eigenvalue weighted by atomic mass is 35.5. The number of pyridine rings is 2. The van der Waals surface area contributed by atoms with Gasteiger partial charge in [0.1, 0.15) is 5.69 Å². The van der Waals surface area contributed by atoms with Crippen molar-refractivity contribution in [3.63, 3.8) is 0 Å². The minimum atomic E-state index is -0.178. The number of imidazole rings is 1. The molecule has 2 aromatic carbocycles. The lowest BCUT2D eigenvalue weighted by molar-refractivity contribution is 0.253. The molecular weight excluding hydrogens is 517 g/mol. The number of nitrogens with two attached hydrogens (primary N) is 1. The molecule has 7 rings (SSSR count). The van der Waals surface area contributed by atoms with Gasteiger partial charge in [-0.1, -0.05) is 54.6 Å². The van der Waals surface area contributed by atoms with Crippen LogP contribution in [0.25, 0.3) is 50.5 Å². The summed E-state index contributed by atoms with van der Waals surface area (Å²) in [6, 6.07) is 23.2. The van der Waals surface area contributed by atoms with Gasteiger partial charge in [0.15, 0.2) is 11.5 Å². The van der Waals surface area contributed by atoms with Gasteiger partial charge in [-0.3, -0.25) is 4.40 Å². The van der Waals surface area contributed by atoms with Crippen molar-refractivity contribution in [2.24, 2.45) is 12.8 Å². The van der Waals surface area contributed by atoms with E-state index in [-0.39, 0.29) is 30.4 Å². The first-order chi connectivity index (χ1) is 17.6. The zero-order valence-electron chi connectivity index (χ0n) is 20.8. The first-order valence-electron chi connectivity index (χ1n) is 12.2. The molecular formula is C29H27Cl2N7. The summed E-state index contributed by atoms with van der Waals surface area (Å²) in [7, 11) is 1.94. The van der Waals surface area contributed by atoms with E-state index in [1.54, 1.807) is 6.33 Å². The Balaban J connectivity index is 0.00000147. The molecule has 0 unspecified atom stereocenters. The van der Waals surface area contributed by atoms with E-state index in [2.05, 4.69) is 69.8 Å². The van der Waals surface area contributed by atoms with E-state index in [1.807, 2.05) is 40.5 Å². The maximum absolute atomic E-state index is 6.57. The predicted octanol–water partition coefficient (Wildman–Crippen LogP) is 6.19. The van der Waals surface area contributed by atoms with Gasteiger partial charge in [0, 0.05) is 41.5 Å². The van der Waals surface area contributed by atoms with Crippen molar-refractivity contribution in [2.75, 3.05) is 0 Å². The van der Waals surface area contributed by atoms with E-state index in [9.17, 15) is 0 Å². The highest BCUT2D eigenvalue weighted by Gasteiger charge is 2.34. The molecule has 1 saturated carbocycles. The molecule has 1 aliphatic rings. The second-order valence-corrected chi connectivity index (χ2v) is 9.73. The largest absolute Gasteiger partial charge is 0.340 e. The van der Waals surface area contributed by atoms with E-state index in [0.29, 0.717) is 5.82 Å². The zero-order chi connectivity index (χ0) is 24.3. The molecule has 0 saturated heterocycles. The zero-order valence-corrected chi connectivity index (χ0v) is 22.4. The Hall–Kier alpha value is -3.78. The van der Waals surface area contributed by atoms with E-state index in [4.69, 9.17) is 10.7 Å². The molecule has 0 radical (unpaired) electrons. The average molecular weight is 544 g/mol. The highest BCUT2D eigenvalue weighted by Crippen LogP contribution is 2.40. The summed E-state index contributed by atoms with van der Waals surface area (Å²) in [5.74, 6) is 0.708. The lowest BCUT2D eigenvalue weighted by Gasteiger charge is -2.38. The Kier molecular flexibility index (Phi) is 6.69. The van der Waals surface area contributed by atoms with Gasteiger partial charge in [-0.2, -0.15) is 0 Å². The third-order valence-electron chi connectivity index (χ3n) is 7.37. The molecule has 0 aliphatic heterocycles. The number of hydrogen-bond acceptors (Lipinski definition) is 5. The van der Waals surface area contributed by atoms with Crippen molar-refractivity contribution in [3.8, 4) is 33.9 Å². The van der Waals surface area contributed by atoms with Crippen LogP contribution in [-0.4, -0.2) is 29.1 Å². The van der Waals surface area contributed by atoms with Gasteiger partial charge in [0.25, 0.3) is 0 Å². The van der Waals surface area contributed by atoms with Crippen LogP contribution in [0.2, 0.25) is 0 Å². The summed E-state index contributed by atoms with van der Waals surface area (Å²) in [6.07, 6.45) is 8.97. The van der Waals surface area contributed by atoms with E-state index in [0.717, 1.165) is 57.5 Å². The fraction of sp³-hybridized carbons (Fsp3) is 0.172. The molecule has 0 spiro atoms. The van der Waals surface area contributed by atoms with Crippen molar-refractivity contribution < 1.29 is 0 Å². The number of aryl methyl sites for hydroxylation is 1. The molecule has 1 aliphatic carbocycles. The number of halogens is 2. The van der Waals surface area contributed by atoms with Crippen molar-refractivity contribution in [3.05, 3.63) is 91.0 Å². The number of nitrogens with zero attached hydrogens (tertiary/aromatic N) is 6. The second-order valence-electron chi connectivity index (χ2n) is 9.73. The van der Waals surface area contributed by atoms with Crippen LogP contribution in [0.4, 0.5) is 0 Å². The van der Waals surface area contributed by atoms with Crippen molar-refractivity contribution in [1.82, 2.24) is 29.1 Å². The molecule has 0 amide bonds. The molecule has 192 valence electrons. The summed E-state index contributed by atoms with van der Waals surface area (Å²) in [4.78, 5) is 9.61. The third kappa shape index (κ3) is 4.13. The maximum Gasteiger partial charge on any atom is 0.188 e. The maximum atomic E-state index is 6.57. The Morgan fingerprint density at radius 3 is 2.32 bits per heavy atom. The van der Waals surface area contributed by atoms with Crippen molar-refractivity contribution in [1.29, 1.82) is 0 Å². The van der Waals surface area contributed by atoms with Crippen molar-refractivity contribution in [2.45, 2.75) is 24.8 Å². The van der Waals surface area contributed by atoms with Gasteiger partial charge in [-0.15, -0.1) is 35.0 Å². The molecule has 0 atom stereocenters.